The Morgan fingerprint density at radius 3 is 2.31 bits per heavy atom. The second-order valence-electron chi connectivity index (χ2n) is 5.37. The third-order valence-corrected chi connectivity index (χ3v) is 3.47. The SMILES string of the molecule is CN=C(NCCCOCCOC)NCCNC(=O)c1ccc(OC)cc1. The predicted octanol–water partition coefficient (Wildman–Crippen LogP) is 0.643. The number of aliphatic imine (C=N–C) groups is 1. The Labute approximate surface area is 155 Å². The summed E-state index contributed by atoms with van der Waals surface area (Å²) in [5.74, 6) is 1.30. The molecule has 0 saturated heterocycles. The van der Waals surface area contributed by atoms with E-state index >= 15 is 0 Å². The number of guanidine groups is 1. The summed E-state index contributed by atoms with van der Waals surface area (Å²) in [6, 6.07) is 6.99. The van der Waals surface area contributed by atoms with Crippen molar-refractivity contribution in [1.82, 2.24) is 16.0 Å². The summed E-state index contributed by atoms with van der Waals surface area (Å²) < 4.78 is 15.4. The van der Waals surface area contributed by atoms with Gasteiger partial charge in [-0.2, -0.15) is 0 Å². The molecule has 8 heteroatoms. The molecule has 0 unspecified atom stereocenters. The van der Waals surface area contributed by atoms with Crippen LogP contribution in [0.4, 0.5) is 0 Å². The molecule has 1 aromatic rings. The molecule has 26 heavy (non-hydrogen) atoms. The van der Waals surface area contributed by atoms with Crippen LogP contribution >= 0.6 is 0 Å². The molecule has 1 amide bonds. The van der Waals surface area contributed by atoms with Gasteiger partial charge in [-0.15, -0.1) is 0 Å². The zero-order chi connectivity index (χ0) is 19.0. The smallest absolute Gasteiger partial charge is 0.251 e. The molecule has 0 fully saturated rings. The number of hydrogen-bond acceptors (Lipinski definition) is 5. The molecule has 0 heterocycles. The second-order valence-corrected chi connectivity index (χ2v) is 5.37. The van der Waals surface area contributed by atoms with Gasteiger partial charge in [-0.1, -0.05) is 0 Å². The third-order valence-electron chi connectivity index (χ3n) is 3.47. The number of hydrogen-bond donors (Lipinski definition) is 3. The van der Waals surface area contributed by atoms with Crippen LogP contribution in [0.15, 0.2) is 29.3 Å². The van der Waals surface area contributed by atoms with Crippen molar-refractivity contribution in [2.75, 3.05) is 60.7 Å². The molecule has 146 valence electrons. The Hall–Kier alpha value is -2.32. The molecular formula is C18H30N4O4. The molecule has 0 aliphatic rings. The lowest BCUT2D eigenvalue weighted by Crippen LogP contribution is -2.42. The fourth-order valence-corrected chi connectivity index (χ4v) is 2.05. The molecule has 0 atom stereocenters. The largest absolute Gasteiger partial charge is 0.497 e. The zero-order valence-electron chi connectivity index (χ0n) is 15.8. The van der Waals surface area contributed by atoms with E-state index in [-0.39, 0.29) is 5.91 Å². The summed E-state index contributed by atoms with van der Waals surface area (Å²) >= 11 is 0. The van der Waals surface area contributed by atoms with Crippen molar-refractivity contribution in [2.24, 2.45) is 4.99 Å². The van der Waals surface area contributed by atoms with E-state index in [9.17, 15) is 4.79 Å². The van der Waals surface area contributed by atoms with Crippen LogP contribution in [-0.2, 0) is 9.47 Å². The first-order valence-electron chi connectivity index (χ1n) is 8.64. The number of carbonyl (C=O) groups is 1. The highest BCUT2D eigenvalue weighted by Gasteiger charge is 2.05. The Balaban J connectivity index is 2.13. The summed E-state index contributed by atoms with van der Waals surface area (Å²) in [4.78, 5) is 16.2. The normalized spacial score (nSPS) is 11.1. The van der Waals surface area contributed by atoms with E-state index in [0.29, 0.717) is 44.4 Å². The maximum absolute atomic E-state index is 12.0. The summed E-state index contributed by atoms with van der Waals surface area (Å²) in [6.45, 7) is 3.71. The maximum atomic E-state index is 12.0. The van der Waals surface area contributed by atoms with E-state index in [2.05, 4.69) is 20.9 Å². The Bertz CT molecular complexity index is 534. The Kier molecular flexibility index (Phi) is 11.6. The van der Waals surface area contributed by atoms with Crippen molar-refractivity contribution >= 4 is 11.9 Å². The first-order valence-corrected chi connectivity index (χ1v) is 8.64. The fourth-order valence-electron chi connectivity index (χ4n) is 2.05. The summed E-state index contributed by atoms with van der Waals surface area (Å²) in [5, 5.41) is 9.20. The van der Waals surface area contributed by atoms with Gasteiger partial charge in [0.1, 0.15) is 5.75 Å². The van der Waals surface area contributed by atoms with Crippen LogP contribution in [0.1, 0.15) is 16.8 Å². The lowest BCUT2D eigenvalue weighted by Gasteiger charge is -2.12. The Morgan fingerprint density at radius 1 is 0.962 bits per heavy atom. The first kappa shape index (κ1) is 21.7. The molecule has 8 nitrogen and oxygen atoms in total. The number of rotatable bonds is 12. The molecule has 0 aromatic heterocycles. The van der Waals surface area contributed by atoms with Crippen molar-refractivity contribution in [1.29, 1.82) is 0 Å². The van der Waals surface area contributed by atoms with Crippen LogP contribution in [-0.4, -0.2) is 72.6 Å². The topological polar surface area (TPSA) is 93.2 Å². The van der Waals surface area contributed by atoms with Crippen molar-refractivity contribution < 1.29 is 19.0 Å². The van der Waals surface area contributed by atoms with Gasteiger partial charge in [0, 0.05) is 46.0 Å². The van der Waals surface area contributed by atoms with Crippen molar-refractivity contribution in [2.45, 2.75) is 6.42 Å². The van der Waals surface area contributed by atoms with E-state index < -0.39 is 0 Å². The molecule has 1 aromatic carbocycles. The van der Waals surface area contributed by atoms with Crippen LogP contribution in [0.5, 0.6) is 5.75 Å². The Morgan fingerprint density at radius 2 is 1.65 bits per heavy atom. The van der Waals surface area contributed by atoms with Crippen molar-refractivity contribution in [3.05, 3.63) is 29.8 Å². The maximum Gasteiger partial charge on any atom is 0.251 e. The number of nitrogens with zero attached hydrogens (tertiary/aromatic N) is 1. The minimum absolute atomic E-state index is 0.120. The molecule has 3 N–H and O–H groups in total. The van der Waals surface area contributed by atoms with Crippen LogP contribution in [0.25, 0.3) is 0 Å². The quantitative estimate of drug-likeness (QED) is 0.286. The van der Waals surface area contributed by atoms with Crippen LogP contribution in [0.2, 0.25) is 0 Å². The molecular weight excluding hydrogens is 336 g/mol. The lowest BCUT2D eigenvalue weighted by molar-refractivity contribution is 0.0698. The van der Waals surface area contributed by atoms with E-state index in [1.54, 1.807) is 45.5 Å². The number of benzene rings is 1. The van der Waals surface area contributed by atoms with Gasteiger partial charge in [0.25, 0.3) is 5.91 Å². The molecule has 0 saturated carbocycles. The van der Waals surface area contributed by atoms with Crippen LogP contribution in [0, 0.1) is 0 Å². The number of methoxy groups -OCH3 is 2. The van der Waals surface area contributed by atoms with Gasteiger partial charge >= 0.3 is 0 Å². The van der Waals surface area contributed by atoms with Gasteiger partial charge < -0.3 is 30.2 Å². The molecule has 0 aliphatic carbocycles. The molecule has 0 bridgehead atoms. The fraction of sp³-hybridized carbons (Fsp3) is 0.556. The second kappa shape index (κ2) is 13.9. The standard InChI is InChI=1S/C18H30N4O4/c1-19-18(21-9-4-12-26-14-13-24-2)22-11-10-20-17(23)15-5-7-16(25-3)8-6-15/h5-8H,4,9-14H2,1-3H3,(H,20,23)(H2,19,21,22). The van der Waals surface area contributed by atoms with E-state index in [1.165, 1.54) is 0 Å². The molecule has 1 rings (SSSR count). The molecule has 0 spiro atoms. The van der Waals surface area contributed by atoms with E-state index in [4.69, 9.17) is 14.2 Å². The highest BCUT2D eigenvalue weighted by molar-refractivity contribution is 5.94. The number of nitrogens with one attached hydrogen (secondary N) is 3. The third kappa shape index (κ3) is 9.24. The van der Waals surface area contributed by atoms with Gasteiger partial charge in [0.2, 0.25) is 0 Å². The highest BCUT2D eigenvalue weighted by atomic mass is 16.5. The zero-order valence-corrected chi connectivity index (χ0v) is 15.8. The average molecular weight is 366 g/mol. The number of ether oxygens (including phenoxy) is 3. The van der Waals surface area contributed by atoms with Crippen LogP contribution in [0.3, 0.4) is 0 Å². The lowest BCUT2D eigenvalue weighted by atomic mass is 10.2. The van der Waals surface area contributed by atoms with Crippen molar-refractivity contribution in [3.8, 4) is 5.75 Å². The van der Waals surface area contributed by atoms with Gasteiger partial charge in [-0.25, -0.2) is 0 Å². The first-order chi connectivity index (χ1) is 12.7. The minimum Gasteiger partial charge on any atom is -0.497 e. The molecule has 0 aliphatic heterocycles. The average Bonchev–Trinajstić information content (AvgIpc) is 2.68. The number of carbonyl (C=O) groups excluding carboxylic acids is 1. The number of amides is 1. The highest BCUT2D eigenvalue weighted by Crippen LogP contribution is 2.10. The molecule has 0 radical (unpaired) electrons. The summed E-state index contributed by atoms with van der Waals surface area (Å²) in [6.07, 6.45) is 0.874. The van der Waals surface area contributed by atoms with Gasteiger partial charge in [-0.05, 0) is 30.7 Å². The van der Waals surface area contributed by atoms with Gasteiger partial charge in [-0.3, -0.25) is 9.79 Å². The predicted molar refractivity (Wildman–Crippen MR) is 102 cm³/mol. The van der Waals surface area contributed by atoms with Crippen LogP contribution < -0.4 is 20.7 Å². The van der Waals surface area contributed by atoms with Gasteiger partial charge in [0.05, 0.1) is 20.3 Å². The summed E-state index contributed by atoms with van der Waals surface area (Å²) in [7, 11) is 4.95. The van der Waals surface area contributed by atoms with Crippen molar-refractivity contribution in [3.63, 3.8) is 0 Å². The minimum atomic E-state index is -0.120. The van der Waals surface area contributed by atoms with E-state index in [1.807, 2.05) is 0 Å². The summed E-state index contributed by atoms with van der Waals surface area (Å²) in [5.41, 5.74) is 0.599. The monoisotopic (exact) mass is 366 g/mol. The van der Waals surface area contributed by atoms with Gasteiger partial charge in [0.15, 0.2) is 5.96 Å². The van der Waals surface area contributed by atoms with E-state index in [0.717, 1.165) is 18.7 Å².